The van der Waals surface area contributed by atoms with E-state index in [4.69, 9.17) is 0 Å². The first-order valence-corrected chi connectivity index (χ1v) is 6.58. The second-order valence-electron chi connectivity index (χ2n) is 4.35. The lowest BCUT2D eigenvalue weighted by Crippen LogP contribution is -2.13. The Bertz CT molecular complexity index is 583. The van der Waals surface area contributed by atoms with Gasteiger partial charge in [0.15, 0.2) is 5.13 Å². The smallest absolute Gasteiger partial charge is 0.257 e. The molecule has 0 bridgehead atoms. The molecule has 19 heavy (non-hydrogen) atoms. The van der Waals surface area contributed by atoms with E-state index >= 15 is 0 Å². The van der Waals surface area contributed by atoms with Crippen molar-refractivity contribution in [2.75, 3.05) is 19.4 Å². The average molecular weight is 279 g/mol. The summed E-state index contributed by atoms with van der Waals surface area (Å²) in [5, 5.41) is 5.07. The lowest BCUT2D eigenvalue weighted by Gasteiger charge is -2.05. The summed E-state index contributed by atoms with van der Waals surface area (Å²) in [4.78, 5) is 18.2. The van der Waals surface area contributed by atoms with Gasteiger partial charge in [-0.15, -0.1) is 11.3 Å². The van der Waals surface area contributed by atoms with Crippen LogP contribution in [0.2, 0.25) is 0 Å². The van der Waals surface area contributed by atoms with Crippen LogP contribution in [0.25, 0.3) is 0 Å². The van der Waals surface area contributed by atoms with Gasteiger partial charge < -0.3 is 4.90 Å². The molecule has 6 heteroatoms. The van der Waals surface area contributed by atoms with Gasteiger partial charge in [-0.05, 0) is 32.3 Å². The maximum absolute atomic E-state index is 13.0. The van der Waals surface area contributed by atoms with Gasteiger partial charge in [0.2, 0.25) is 0 Å². The van der Waals surface area contributed by atoms with Crippen LogP contribution in [0, 0.1) is 5.82 Å². The Morgan fingerprint density at radius 3 is 2.95 bits per heavy atom. The molecule has 100 valence electrons. The van der Waals surface area contributed by atoms with E-state index < -0.39 is 5.82 Å². The van der Waals surface area contributed by atoms with Crippen molar-refractivity contribution in [3.63, 3.8) is 0 Å². The van der Waals surface area contributed by atoms with Crippen molar-refractivity contribution in [1.29, 1.82) is 0 Å². The number of amides is 1. The minimum absolute atomic E-state index is 0.282. The van der Waals surface area contributed by atoms with E-state index in [-0.39, 0.29) is 11.5 Å². The average Bonchev–Trinajstić information content (AvgIpc) is 2.75. The fourth-order valence-corrected chi connectivity index (χ4v) is 2.26. The second-order valence-corrected chi connectivity index (χ2v) is 5.20. The van der Waals surface area contributed by atoms with Gasteiger partial charge in [-0.2, -0.15) is 0 Å². The standard InChI is InChI=1S/C13H14FN3OS/c1-17(2)7-11-8-19-13(15-11)16-12(18)9-4-3-5-10(14)6-9/h3-6,8H,7H2,1-2H3,(H,15,16,18). The van der Waals surface area contributed by atoms with Crippen molar-refractivity contribution in [2.24, 2.45) is 0 Å². The van der Waals surface area contributed by atoms with Crippen LogP contribution >= 0.6 is 11.3 Å². The van der Waals surface area contributed by atoms with E-state index in [1.54, 1.807) is 6.07 Å². The van der Waals surface area contributed by atoms with Gasteiger partial charge in [0.1, 0.15) is 5.82 Å². The first-order valence-electron chi connectivity index (χ1n) is 5.70. The van der Waals surface area contributed by atoms with Crippen molar-refractivity contribution < 1.29 is 9.18 Å². The Labute approximate surface area is 114 Å². The number of halogens is 1. The molecular formula is C13H14FN3OS. The van der Waals surface area contributed by atoms with Gasteiger partial charge in [-0.25, -0.2) is 9.37 Å². The summed E-state index contributed by atoms with van der Waals surface area (Å²) in [6, 6.07) is 5.56. The lowest BCUT2D eigenvalue weighted by atomic mass is 10.2. The molecule has 0 fully saturated rings. The van der Waals surface area contributed by atoms with Crippen LogP contribution < -0.4 is 5.32 Å². The third-order valence-corrected chi connectivity index (χ3v) is 3.14. The summed E-state index contributed by atoms with van der Waals surface area (Å²) in [6.45, 7) is 0.715. The fourth-order valence-electron chi connectivity index (χ4n) is 1.56. The molecule has 0 spiro atoms. The van der Waals surface area contributed by atoms with Crippen molar-refractivity contribution in [3.8, 4) is 0 Å². The number of aromatic nitrogens is 1. The van der Waals surface area contributed by atoms with Gasteiger partial charge in [-0.3, -0.25) is 10.1 Å². The molecule has 1 aromatic carbocycles. The Kier molecular flexibility index (Phi) is 4.24. The molecule has 1 N–H and O–H groups in total. The van der Waals surface area contributed by atoms with Crippen molar-refractivity contribution in [1.82, 2.24) is 9.88 Å². The molecule has 1 aromatic heterocycles. The van der Waals surface area contributed by atoms with Gasteiger partial charge in [0.25, 0.3) is 5.91 Å². The number of thiazole rings is 1. The largest absolute Gasteiger partial charge is 0.304 e. The molecule has 0 atom stereocenters. The third-order valence-electron chi connectivity index (χ3n) is 2.34. The SMILES string of the molecule is CN(C)Cc1csc(NC(=O)c2cccc(F)c2)n1. The first-order chi connectivity index (χ1) is 9.04. The molecule has 4 nitrogen and oxygen atoms in total. The van der Waals surface area contributed by atoms with E-state index in [0.29, 0.717) is 11.7 Å². The molecule has 2 aromatic rings. The van der Waals surface area contributed by atoms with Crippen LogP contribution in [0.4, 0.5) is 9.52 Å². The highest BCUT2D eigenvalue weighted by Crippen LogP contribution is 2.17. The van der Waals surface area contributed by atoms with Gasteiger partial charge in [0, 0.05) is 17.5 Å². The number of anilines is 1. The monoisotopic (exact) mass is 279 g/mol. The summed E-state index contributed by atoms with van der Waals surface area (Å²) in [6.07, 6.45) is 0. The van der Waals surface area contributed by atoms with Crippen LogP contribution in [0.15, 0.2) is 29.6 Å². The third kappa shape index (κ3) is 3.84. The molecule has 0 saturated carbocycles. The summed E-state index contributed by atoms with van der Waals surface area (Å²) in [5.41, 5.74) is 1.17. The molecule has 0 aliphatic heterocycles. The number of carbonyl (C=O) groups is 1. The van der Waals surface area contributed by atoms with Crippen molar-refractivity contribution in [3.05, 3.63) is 46.7 Å². The zero-order chi connectivity index (χ0) is 13.8. The zero-order valence-corrected chi connectivity index (χ0v) is 11.5. The van der Waals surface area contributed by atoms with Crippen LogP contribution in [0.3, 0.4) is 0 Å². The topological polar surface area (TPSA) is 45.2 Å². The number of hydrogen-bond acceptors (Lipinski definition) is 4. The van der Waals surface area contributed by atoms with Crippen molar-refractivity contribution in [2.45, 2.75) is 6.54 Å². The van der Waals surface area contributed by atoms with Gasteiger partial charge in [0.05, 0.1) is 5.69 Å². The van der Waals surface area contributed by atoms with Crippen LogP contribution in [0.1, 0.15) is 16.1 Å². The normalized spacial score (nSPS) is 10.7. The molecule has 1 amide bonds. The van der Waals surface area contributed by atoms with Crippen LogP contribution in [-0.4, -0.2) is 29.9 Å². The van der Waals surface area contributed by atoms with E-state index in [2.05, 4.69) is 10.3 Å². The molecular weight excluding hydrogens is 265 g/mol. The Morgan fingerprint density at radius 1 is 1.47 bits per heavy atom. The highest BCUT2D eigenvalue weighted by Gasteiger charge is 2.10. The number of rotatable bonds is 4. The number of nitrogens with zero attached hydrogens (tertiary/aromatic N) is 2. The molecule has 1 heterocycles. The molecule has 0 unspecified atom stereocenters. The molecule has 2 rings (SSSR count). The van der Waals surface area contributed by atoms with Crippen LogP contribution in [-0.2, 0) is 6.54 Å². The Hall–Kier alpha value is -1.79. The highest BCUT2D eigenvalue weighted by molar-refractivity contribution is 7.13. The molecule has 0 aliphatic carbocycles. The number of carbonyl (C=O) groups excluding carboxylic acids is 1. The van der Waals surface area contributed by atoms with E-state index in [1.807, 2.05) is 24.4 Å². The highest BCUT2D eigenvalue weighted by atomic mass is 32.1. The minimum atomic E-state index is -0.430. The predicted octanol–water partition coefficient (Wildman–Crippen LogP) is 2.60. The Balaban J connectivity index is 2.05. The zero-order valence-electron chi connectivity index (χ0n) is 10.7. The molecule has 0 saturated heterocycles. The van der Waals surface area contributed by atoms with Gasteiger partial charge in [-0.1, -0.05) is 6.07 Å². The first kappa shape index (κ1) is 13.6. The molecule has 0 aliphatic rings. The van der Waals surface area contributed by atoms with Crippen LogP contribution in [0.5, 0.6) is 0 Å². The van der Waals surface area contributed by atoms with Crippen molar-refractivity contribution >= 4 is 22.4 Å². The molecule has 0 radical (unpaired) electrons. The second kappa shape index (κ2) is 5.90. The van der Waals surface area contributed by atoms with E-state index in [1.165, 1.54) is 29.5 Å². The summed E-state index contributed by atoms with van der Waals surface area (Å²) < 4.78 is 13.0. The maximum Gasteiger partial charge on any atom is 0.257 e. The summed E-state index contributed by atoms with van der Waals surface area (Å²) >= 11 is 1.36. The maximum atomic E-state index is 13.0. The predicted molar refractivity (Wildman–Crippen MR) is 73.9 cm³/mol. The van der Waals surface area contributed by atoms with Gasteiger partial charge >= 0.3 is 0 Å². The van der Waals surface area contributed by atoms with E-state index in [0.717, 1.165) is 5.69 Å². The lowest BCUT2D eigenvalue weighted by molar-refractivity contribution is 0.102. The fraction of sp³-hybridized carbons (Fsp3) is 0.231. The summed E-state index contributed by atoms with van der Waals surface area (Å²) in [7, 11) is 3.90. The Morgan fingerprint density at radius 2 is 2.26 bits per heavy atom. The number of hydrogen-bond donors (Lipinski definition) is 1. The summed E-state index contributed by atoms with van der Waals surface area (Å²) in [5.74, 6) is -0.787. The number of benzene rings is 1. The minimum Gasteiger partial charge on any atom is -0.304 e. The number of nitrogens with one attached hydrogen (secondary N) is 1. The van der Waals surface area contributed by atoms with E-state index in [9.17, 15) is 9.18 Å². The quantitative estimate of drug-likeness (QED) is 0.935.